The average Bonchev–Trinajstić information content (AvgIpc) is 2.95. The van der Waals surface area contributed by atoms with Gasteiger partial charge in [-0.1, -0.05) is 6.92 Å². The number of hydrogen-bond donors (Lipinski definition) is 1. The molecule has 0 aliphatic rings. The first-order valence-electron chi connectivity index (χ1n) is 7.09. The molecule has 110 valence electrons. The number of nitrogen functional groups attached to an aromatic ring is 1. The van der Waals surface area contributed by atoms with Gasteiger partial charge in [0.25, 0.3) is 0 Å². The average molecular weight is 301 g/mol. The van der Waals surface area contributed by atoms with Crippen molar-refractivity contribution in [2.24, 2.45) is 0 Å². The number of aromatic nitrogens is 2. The van der Waals surface area contributed by atoms with E-state index in [4.69, 9.17) is 10.5 Å². The van der Waals surface area contributed by atoms with E-state index in [0.717, 1.165) is 40.7 Å². The van der Waals surface area contributed by atoms with Crippen LogP contribution in [0.15, 0.2) is 24.3 Å². The summed E-state index contributed by atoms with van der Waals surface area (Å²) in [4.78, 5) is 6.87. The molecule has 0 saturated carbocycles. The van der Waals surface area contributed by atoms with E-state index in [9.17, 15) is 0 Å². The molecule has 5 heteroatoms. The lowest BCUT2D eigenvalue weighted by Crippen LogP contribution is -1.96. The van der Waals surface area contributed by atoms with Crippen molar-refractivity contribution < 1.29 is 4.74 Å². The summed E-state index contributed by atoms with van der Waals surface area (Å²) in [5.41, 5.74) is 9.30. The van der Waals surface area contributed by atoms with Gasteiger partial charge in [-0.15, -0.1) is 11.3 Å². The first kappa shape index (κ1) is 13.9. The Labute approximate surface area is 128 Å². The summed E-state index contributed by atoms with van der Waals surface area (Å²) in [6.45, 7) is 6.99. The molecule has 0 aliphatic carbocycles. The van der Waals surface area contributed by atoms with Gasteiger partial charge in [0.1, 0.15) is 17.3 Å². The molecule has 21 heavy (non-hydrogen) atoms. The molecular formula is C16H19N3OS. The van der Waals surface area contributed by atoms with Crippen molar-refractivity contribution in [2.45, 2.75) is 27.2 Å². The van der Waals surface area contributed by atoms with Gasteiger partial charge < -0.3 is 10.5 Å². The van der Waals surface area contributed by atoms with Crippen LogP contribution in [-0.4, -0.2) is 16.0 Å². The molecule has 0 atom stereocenters. The number of imidazole rings is 1. The van der Waals surface area contributed by atoms with Gasteiger partial charge in [-0.25, -0.2) is 4.98 Å². The zero-order valence-electron chi connectivity index (χ0n) is 12.5. The highest BCUT2D eigenvalue weighted by atomic mass is 32.1. The van der Waals surface area contributed by atoms with Crippen LogP contribution in [0.4, 0.5) is 5.82 Å². The van der Waals surface area contributed by atoms with Gasteiger partial charge in [-0.05, 0) is 44.5 Å². The predicted octanol–water partition coefficient (Wildman–Crippen LogP) is 4.05. The lowest BCUT2D eigenvalue weighted by Gasteiger charge is -2.05. The van der Waals surface area contributed by atoms with Crippen molar-refractivity contribution in [2.75, 3.05) is 12.3 Å². The van der Waals surface area contributed by atoms with Crippen molar-refractivity contribution in [3.8, 4) is 17.0 Å². The van der Waals surface area contributed by atoms with Crippen LogP contribution in [0.3, 0.4) is 0 Å². The second-order valence-corrected chi connectivity index (χ2v) is 6.26. The van der Waals surface area contributed by atoms with Crippen LogP contribution >= 0.6 is 11.3 Å². The molecule has 0 bridgehead atoms. The standard InChI is InChI=1S/C16H19N3OS/c1-4-9-20-13-7-5-12(6-8-13)14-15(17)19-10(2)11(3)21-16(19)18-14/h5-8H,4,9,17H2,1-3H3. The van der Waals surface area contributed by atoms with Crippen molar-refractivity contribution in [1.29, 1.82) is 0 Å². The van der Waals surface area contributed by atoms with Crippen LogP contribution in [0, 0.1) is 13.8 Å². The molecule has 2 N–H and O–H groups in total. The molecule has 0 spiro atoms. The van der Waals surface area contributed by atoms with Gasteiger partial charge >= 0.3 is 0 Å². The highest BCUT2D eigenvalue weighted by molar-refractivity contribution is 7.17. The first-order valence-corrected chi connectivity index (χ1v) is 7.90. The highest BCUT2D eigenvalue weighted by Gasteiger charge is 2.16. The number of nitrogens with two attached hydrogens (primary N) is 1. The minimum Gasteiger partial charge on any atom is -0.494 e. The minimum atomic E-state index is 0.703. The third-order valence-electron chi connectivity index (χ3n) is 3.57. The van der Waals surface area contributed by atoms with Gasteiger partial charge in [-0.3, -0.25) is 4.40 Å². The van der Waals surface area contributed by atoms with Gasteiger partial charge in [0.2, 0.25) is 0 Å². The fourth-order valence-electron chi connectivity index (χ4n) is 2.31. The molecule has 2 aromatic heterocycles. The molecule has 2 heterocycles. The topological polar surface area (TPSA) is 52.5 Å². The summed E-state index contributed by atoms with van der Waals surface area (Å²) in [6, 6.07) is 7.96. The number of aryl methyl sites for hydroxylation is 2. The van der Waals surface area contributed by atoms with Crippen molar-refractivity contribution in [1.82, 2.24) is 9.38 Å². The van der Waals surface area contributed by atoms with E-state index in [1.807, 2.05) is 28.7 Å². The van der Waals surface area contributed by atoms with Crippen LogP contribution in [-0.2, 0) is 0 Å². The number of rotatable bonds is 4. The maximum Gasteiger partial charge on any atom is 0.196 e. The van der Waals surface area contributed by atoms with Crippen LogP contribution in [0.1, 0.15) is 23.9 Å². The smallest absolute Gasteiger partial charge is 0.196 e. The van der Waals surface area contributed by atoms with Crippen molar-refractivity contribution in [3.05, 3.63) is 34.8 Å². The lowest BCUT2D eigenvalue weighted by atomic mass is 10.1. The Balaban J connectivity index is 1.98. The number of ether oxygens (including phenoxy) is 1. The summed E-state index contributed by atoms with van der Waals surface area (Å²) in [5, 5.41) is 0. The van der Waals surface area contributed by atoms with Gasteiger partial charge in [-0.2, -0.15) is 0 Å². The van der Waals surface area contributed by atoms with E-state index in [-0.39, 0.29) is 0 Å². The van der Waals surface area contributed by atoms with Crippen molar-refractivity contribution in [3.63, 3.8) is 0 Å². The Bertz CT molecular complexity index is 771. The van der Waals surface area contributed by atoms with Crippen LogP contribution in [0.5, 0.6) is 5.75 Å². The lowest BCUT2D eigenvalue weighted by molar-refractivity contribution is 0.317. The first-order chi connectivity index (χ1) is 10.1. The molecule has 0 radical (unpaired) electrons. The molecule has 0 amide bonds. The van der Waals surface area contributed by atoms with E-state index >= 15 is 0 Å². The Kier molecular flexibility index (Phi) is 3.59. The van der Waals surface area contributed by atoms with Crippen molar-refractivity contribution >= 4 is 22.1 Å². The van der Waals surface area contributed by atoms with Crippen LogP contribution < -0.4 is 10.5 Å². The zero-order chi connectivity index (χ0) is 15.0. The third-order valence-corrected chi connectivity index (χ3v) is 4.63. The SMILES string of the molecule is CCCOc1ccc(-c2nc3sc(C)c(C)n3c2N)cc1. The van der Waals surface area contributed by atoms with E-state index in [1.165, 1.54) is 4.88 Å². The van der Waals surface area contributed by atoms with Gasteiger partial charge in [0, 0.05) is 16.1 Å². The van der Waals surface area contributed by atoms with E-state index in [0.29, 0.717) is 5.82 Å². The van der Waals surface area contributed by atoms with Crippen LogP contribution in [0.25, 0.3) is 16.2 Å². The third kappa shape index (κ3) is 2.38. The Morgan fingerprint density at radius 3 is 2.57 bits per heavy atom. The maximum absolute atomic E-state index is 6.28. The van der Waals surface area contributed by atoms with E-state index in [1.54, 1.807) is 11.3 Å². The Hall–Kier alpha value is -2.01. The fraction of sp³-hybridized carbons (Fsp3) is 0.312. The highest BCUT2D eigenvalue weighted by Crippen LogP contribution is 2.32. The molecule has 4 nitrogen and oxygen atoms in total. The molecule has 0 unspecified atom stereocenters. The number of thiazole rings is 1. The summed E-state index contributed by atoms with van der Waals surface area (Å²) in [6.07, 6.45) is 1.00. The predicted molar refractivity (Wildman–Crippen MR) is 88.2 cm³/mol. The summed E-state index contributed by atoms with van der Waals surface area (Å²) < 4.78 is 7.62. The molecule has 1 aromatic carbocycles. The largest absolute Gasteiger partial charge is 0.494 e. The summed E-state index contributed by atoms with van der Waals surface area (Å²) in [5.74, 6) is 1.58. The number of hydrogen-bond acceptors (Lipinski definition) is 4. The van der Waals surface area contributed by atoms with Gasteiger partial charge in [0.15, 0.2) is 4.96 Å². The van der Waals surface area contributed by atoms with E-state index in [2.05, 4.69) is 25.8 Å². The summed E-state index contributed by atoms with van der Waals surface area (Å²) >= 11 is 1.67. The van der Waals surface area contributed by atoms with Crippen LogP contribution in [0.2, 0.25) is 0 Å². The van der Waals surface area contributed by atoms with E-state index < -0.39 is 0 Å². The molecule has 0 saturated heterocycles. The Morgan fingerprint density at radius 2 is 1.95 bits per heavy atom. The normalized spacial score (nSPS) is 11.2. The fourth-order valence-corrected chi connectivity index (χ4v) is 3.29. The second-order valence-electron chi connectivity index (χ2n) is 5.08. The molecule has 0 aliphatic heterocycles. The quantitative estimate of drug-likeness (QED) is 0.791. The molecule has 3 aromatic rings. The number of fused-ring (bicyclic) bond motifs is 1. The molecular weight excluding hydrogens is 282 g/mol. The molecule has 3 rings (SSSR count). The summed E-state index contributed by atoms with van der Waals surface area (Å²) in [7, 11) is 0. The Morgan fingerprint density at radius 1 is 1.24 bits per heavy atom. The maximum atomic E-state index is 6.28. The minimum absolute atomic E-state index is 0.703. The molecule has 0 fully saturated rings. The zero-order valence-corrected chi connectivity index (χ0v) is 13.3. The second kappa shape index (κ2) is 5.41. The number of benzene rings is 1. The van der Waals surface area contributed by atoms with Gasteiger partial charge in [0.05, 0.1) is 6.61 Å². The monoisotopic (exact) mass is 301 g/mol. The number of anilines is 1. The number of nitrogens with zero attached hydrogens (tertiary/aromatic N) is 2.